The molecule has 1 fully saturated rings. The number of amides is 3. The van der Waals surface area contributed by atoms with Crippen LogP contribution in [0, 0.1) is 5.92 Å². The molecule has 0 spiro atoms. The van der Waals surface area contributed by atoms with E-state index in [9.17, 15) is 14.4 Å². The molecule has 0 bridgehead atoms. The Hall–Kier alpha value is -3.85. The van der Waals surface area contributed by atoms with Gasteiger partial charge in [-0.15, -0.1) is 0 Å². The van der Waals surface area contributed by atoms with Crippen LogP contribution in [0.15, 0.2) is 65.9 Å². The number of benzene rings is 2. The van der Waals surface area contributed by atoms with Gasteiger partial charge in [-0.2, -0.15) is 0 Å². The number of hydrogen-bond donors (Lipinski definition) is 1. The van der Waals surface area contributed by atoms with Gasteiger partial charge in [0.2, 0.25) is 5.91 Å². The van der Waals surface area contributed by atoms with Gasteiger partial charge in [0.05, 0.1) is 18.2 Å². The van der Waals surface area contributed by atoms with Crippen molar-refractivity contribution in [1.82, 2.24) is 20.0 Å². The van der Waals surface area contributed by atoms with Crippen LogP contribution >= 0.6 is 0 Å². The first-order valence-corrected chi connectivity index (χ1v) is 13.1. The zero-order chi connectivity index (χ0) is 27.2. The van der Waals surface area contributed by atoms with E-state index < -0.39 is 12.0 Å². The number of hydrogen-bond acceptors (Lipinski definition) is 6. The van der Waals surface area contributed by atoms with Crippen molar-refractivity contribution in [3.8, 4) is 11.5 Å². The second-order valence-corrected chi connectivity index (χ2v) is 9.77. The zero-order valence-electron chi connectivity index (χ0n) is 22.5. The van der Waals surface area contributed by atoms with E-state index in [1.165, 1.54) is 4.90 Å². The van der Waals surface area contributed by atoms with Gasteiger partial charge in [0.1, 0.15) is 11.5 Å². The molecule has 2 heterocycles. The lowest BCUT2D eigenvalue weighted by Crippen LogP contribution is -2.53. The van der Waals surface area contributed by atoms with Gasteiger partial charge in [0.15, 0.2) is 0 Å². The average molecular weight is 521 g/mol. The highest BCUT2D eigenvalue weighted by Gasteiger charge is 2.38. The Morgan fingerprint density at radius 2 is 1.68 bits per heavy atom. The van der Waals surface area contributed by atoms with E-state index >= 15 is 0 Å². The van der Waals surface area contributed by atoms with Crippen LogP contribution in [-0.4, -0.2) is 79.0 Å². The van der Waals surface area contributed by atoms with E-state index in [1.54, 1.807) is 14.0 Å². The summed E-state index contributed by atoms with van der Waals surface area (Å²) in [5, 5.41) is 2.97. The minimum absolute atomic E-state index is 0.0461. The van der Waals surface area contributed by atoms with Crippen molar-refractivity contribution in [3.63, 3.8) is 0 Å². The summed E-state index contributed by atoms with van der Waals surface area (Å²) in [6.45, 7) is 8.69. The Labute approximate surface area is 224 Å². The molecule has 0 aliphatic carbocycles. The Kier molecular flexibility index (Phi) is 8.68. The van der Waals surface area contributed by atoms with Gasteiger partial charge in [-0.1, -0.05) is 44.2 Å². The molecule has 2 aliphatic heterocycles. The largest absolute Gasteiger partial charge is 0.463 e. The maximum absolute atomic E-state index is 13.3. The third-order valence-electron chi connectivity index (χ3n) is 6.79. The van der Waals surface area contributed by atoms with Crippen molar-refractivity contribution in [2.45, 2.75) is 26.8 Å². The summed E-state index contributed by atoms with van der Waals surface area (Å²) in [5.41, 5.74) is 1.70. The van der Waals surface area contributed by atoms with Crippen molar-refractivity contribution < 1.29 is 23.9 Å². The molecule has 0 aromatic heterocycles. The molecule has 1 atom stereocenters. The van der Waals surface area contributed by atoms with Gasteiger partial charge < -0.3 is 19.7 Å². The van der Waals surface area contributed by atoms with Crippen LogP contribution in [0.2, 0.25) is 0 Å². The summed E-state index contributed by atoms with van der Waals surface area (Å²) in [6, 6.07) is 15.8. The quantitative estimate of drug-likeness (QED) is 0.533. The first-order chi connectivity index (χ1) is 18.3. The summed E-state index contributed by atoms with van der Waals surface area (Å²) in [5.74, 6) is 0.909. The minimum Gasteiger partial charge on any atom is -0.463 e. The fourth-order valence-electron chi connectivity index (χ4n) is 4.73. The topological polar surface area (TPSA) is 91.4 Å². The number of carbonyl (C=O) groups is 3. The van der Waals surface area contributed by atoms with Crippen LogP contribution in [0.25, 0.3) is 0 Å². The molecule has 202 valence electrons. The number of nitrogens with one attached hydrogen (secondary N) is 1. The highest BCUT2D eigenvalue weighted by Crippen LogP contribution is 2.34. The third-order valence-corrected chi connectivity index (χ3v) is 6.79. The second-order valence-electron chi connectivity index (χ2n) is 9.77. The smallest absolute Gasteiger partial charge is 0.338 e. The Balaban J connectivity index is 1.63. The van der Waals surface area contributed by atoms with Crippen molar-refractivity contribution in [3.05, 3.63) is 71.4 Å². The summed E-state index contributed by atoms with van der Waals surface area (Å²) < 4.78 is 11.5. The maximum atomic E-state index is 13.3. The Morgan fingerprint density at radius 3 is 2.34 bits per heavy atom. The molecule has 0 radical (unpaired) electrons. The highest BCUT2D eigenvalue weighted by atomic mass is 16.5. The molecular weight excluding hydrogens is 484 g/mol. The molecule has 4 rings (SSSR count). The van der Waals surface area contributed by atoms with E-state index in [2.05, 4.69) is 10.2 Å². The standard InChI is InChI=1S/C29H36N4O5/c1-5-37-28(35)25-24(19-32-14-16-33(17-15-32)27(34)20(2)3)31(4)29(36)30-26(25)21-10-9-13-23(18-21)38-22-11-7-6-8-12-22/h6-13,18,20,26H,5,14-17,19H2,1-4H3,(H,30,36). The lowest BCUT2D eigenvalue weighted by Gasteiger charge is -2.40. The zero-order valence-corrected chi connectivity index (χ0v) is 22.5. The van der Waals surface area contributed by atoms with Crippen molar-refractivity contribution in [2.75, 3.05) is 46.4 Å². The molecular formula is C29H36N4O5. The van der Waals surface area contributed by atoms with Gasteiger partial charge in [-0.05, 0) is 36.8 Å². The lowest BCUT2D eigenvalue weighted by atomic mass is 9.94. The van der Waals surface area contributed by atoms with E-state index in [-0.39, 0.29) is 24.5 Å². The number of para-hydroxylation sites is 1. The SMILES string of the molecule is CCOC(=O)C1=C(CN2CCN(C(=O)C(C)C)CC2)N(C)C(=O)NC1c1cccc(Oc2ccccc2)c1. The number of carbonyl (C=O) groups excluding carboxylic acids is 3. The molecule has 38 heavy (non-hydrogen) atoms. The summed E-state index contributed by atoms with van der Waals surface area (Å²) in [4.78, 5) is 44.3. The molecule has 2 aromatic carbocycles. The van der Waals surface area contributed by atoms with Gasteiger partial charge in [0, 0.05) is 51.4 Å². The lowest BCUT2D eigenvalue weighted by molar-refractivity contribution is -0.139. The molecule has 9 nitrogen and oxygen atoms in total. The van der Waals surface area contributed by atoms with E-state index in [4.69, 9.17) is 9.47 Å². The first kappa shape index (κ1) is 27.2. The van der Waals surface area contributed by atoms with Gasteiger partial charge in [-0.25, -0.2) is 9.59 Å². The molecule has 2 aromatic rings. The number of nitrogens with zero attached hydrogens (tertiary/aromatic N) is 3. The number of piperazine rings is 1. The van der Waals surface area contributed by atoms with E-state index in [0.29, 0.717) is 61.1 Å². The number of rotatable bonds is 8. The molecule has 9 heteroatoms. The van der Waals surface area contributed by atoms with Gasteiger partial charge >= 0.3 is 12.0 Å². The van der Waals surface area contributed by atoms with E-state index in [1.807, 2.05) is 73.3 Å². The van der Waals surface area contributed by atoms with Crippen molar-refractivity contribution in [2.24, 2.45) is 5.92 Å². The number of urea groups is 1. The molecule has 1 saturated heterocycles. The monoisotopic (exact) mass is 520 g/mol. The predicted molar refractivity (Wildman–Crippen MR) is 144 cm³/mol. The highest BCUT2D eigenvalue weighted by molar-refractivity contribution is 5.95. The Morgan fingerprint density at radius 1 is 1.00 bits per heavy atom. The minimum atomic E-state index is -0.698. The molecule has 1 N–H and O–H groups in total. The van der Waals surface area contributed by atoms with Crippen molar-refractivity contribution >= 4 is 17.9 Å². The summed E-state index contributed by atoms with van der Waals surface area (Å²) in [7, 11) is 1.66. The predicted octanol–water partition coefficient (Wildman–Crippen LogP) is 3.79. The number of esters is 1. The molecule has 0 saturated carbocycles. The molecule has 3 amide bonds. The molecule has 1 unspecified atom stereocenters. The molecule has 2 aliphatic rings. The number of ether oxygens (including phenoxy) is 2. The van der Waals surface area contributed by atoms with Crippen LogP contribution in [0.1, 0.15) is 32.4 Å². The van der Waals surface area contributed by atoms with E-state index in [0.717, 1.165) is 0 Å². The average Bonchev–Trinajstić information content (AvgIpc) is 2.92. The van der Waals surface area contributed by atoms with Crippen LogP contribution < -0.4 is 10.1 Å². The van der Waals surface area contributed by atoms with Crippen LogP contribution in [-0.2, 0) is 14.3 Å². The fraction of sp³-hybridized carbons (Fsp3) is 0.414. The fourth-order valence-corrected chi connectivity index (χ4v) is 4.73. The van der Waals surface area contributed by atoms with Gasteiger partial charge in [-0.3, -0.25) is 14.6 Å². The summed E-state index contributed by atoms with van der Waals surface area (Å²) >= 11 is 0. The van der Waals surface area contributed by atoms with Crippen LogP contribution in [0.5, 0.6) is 11.5 Å². The Bertz CT molecular complexity index is 1190. The van der Waals surface area contributed by atoms with Crippen LogP contribution in [0.4, 0.5) is 4.79 Å². The first-order valence-electron chi connectivity index (χ1n) is 13.1. The van der Waals surface area contributed by atoms with Gasteiger partial charge in [0.25, 0.3) is 0 Å². The number of likely N-dealkylation sites (N-methyl/N-ethyl adjacent to an activating group) is 1. The van der Waals surface area contributed by atoms with Crippen LogP contribution in [0.3, 0.4) is 0 Å². The third kappa shape index (κ3) is 6.16. The normalized spacial score (nSPS) is 18.4. The van der Waals surface area contributed by atoms with Crippen molar-refractivity contribution in [1.29, 1.82) is 0 Å². The maximum Gasteiger partial charge on any atom is 0.338 e. The summed E-state index contributed by atoms with van der Waals surface area (Å²) in [6.07, 6.45) is 0. The second kappa shape index (κ2) is 12.1.